The Morgan fingerprint density at radius 3 is 2.59 bits per heavy atom. The summed E-state index contributed by atoms with van der Waals surface area (Å²) >= 11 is 0. The molecular weight excluding hydrogens is 403 g/mol. The molecular formula is C27H29FN2O2. The van der Waals surface area contributed by atoms with Crippen LogP contribution in [0.2, 0.25) is 0 Å². The van der Waals surface area contributed by atoms with Crippen molar-refractivity contribution in [2.24, 2.45) is 5.92 Å². The van der Waals surface area contributed by atoms with E-state index in [0.717, 1.165) is 54.9 Å². The van der Waals surface area contributed by atoms with E-state index in [0.29, 0.717) is 12.6 Å². The molecule has 2 aromatic carbocycles. The molecule has 166 valence electrons. The zero-order chi connectivity index (χ0) is 22.1. The van der Waals surface area contributed by atoms with Gasteiger partial charge in [-0.25, -0.2) is 4.39 Å². The fourth-order valence-corrected chi connectivity index (χ4v) is 4.97. The molecule has 1 saturated heterocycles. The van der Waals surface area contributed by atoms with Gasteiger partial charge >= 0.3 is 0 Å². The van der Waals surface area contributed by atoms with Crippen LogP contribution in [-0.4, -0.2) is 41.4 Å². The molecule has 1 aromatic heterocycles. The number of benzene rings is 2. The van der Waals surface area contributed by atoms with E-state index in [9.17, 15) is 9.18 Å². The Labute approximate surface area is 188 Å². The highest BCUT2D eigenvalue weighted by Gasteiger charge is 2.40. The van der Waals surface area contributed by atoms with E-state index in [1.165, 1.54) is 12.1 Å². The second-order valence-electron chi connectivity index (χ2n) is 9.25. The molecule has 3 aromatic rings. The first-order valence-corrected chi connectivity index (χ1v) is 11.4. The number of halogens is 1. The smallest absolute Gasteiger partial charge is 0.254 e. The van der Waals surface area contributed by atoms with Crippen LogP contribution in [0.3, 0.4) is 0 Å². The van der Waals surface area contributed by atoms with Crippen molar-refractivity contribution in [3.05, 3.63) is 95.2 Å². The molecule has 2 fully saturated rings. The van der Waals surface area contributed by atoms with E-state index >= 15 is 0 Å². The molecule has 0 spiro atoms. The molecule has 2 atom stereocenters. The molecule has 0 bridgehead atoms. The minimum Gasteiger partial charge on any atom is -0.468 e. The van der Waals surface area contributed by atoms with Crippen molar-refractivity contribution in [3.8, 4) is 0 Å². The maximum Gasteiger partial charge on any atom is 0.254 e. The SMILES string of the molecule is Cc1cccc(C(=O)N(C[C@@H]2CN(Cc3ccco3)C[C@@H]2c2ccc(F)cc2)C2CC2)c1. The van der Waals surface area contributed by atoms with Crippen molar-refractivity contribution in [3.63, 3.8) is 0 Å². The van der Waals surface area contributed by atoms with Gasteiger partial charge in [-0.3, -0.25) is 9.69 Å². The summed E-state index contributed by atoms with van der Waals surface area (Å²) in [5.74, 6) is 1.38. The van der Waals surface area contributed by atoms with E-state index in [4.69, 9.17) is 4.42 Å². The predicted octanol–water partition coefficient (Wildman–Crippen LogP) is 5.25. The van der Waals surface area contributed by atoms with Crippen LogP contribution >= 0.6 is 0 Å². The van der Waals surface area contributed by atoms with Crippen molar-refractivity contribution >= 4 is 5.91 Å². The molecule has 1 amide bonds. The van der Waals surface area contributed by atoms with E-state index in [-0.39, 0.29) is 23.6 Å². The van der Waals surface area contributed by atoms with E-state index in [1.807, 2.05) is 55.5 Å². The van der Waals surface area contributed by atoms with Crippen LogP contribution in [-0.2, 0) is 6.54 Å². The number of furan rings is 1. The van der Waals surface area contributed by atoms with Crippen molar-refractivity contribution in [1.82, 2.24) is 9.80 Å². The van der Waals surface area contributed by atoms with Crippen LogP contribution < -0.4 is 0 Å². The van der Waals surface area contributed by atoms with Gasteiger partial charge in [0.15, 0.2) is 0 Å². The molecule has 0 N–H and O–H groups in total. The Kier molecular flexibility index (Phi) is 5.83. The fourth-order valence-electron chi connectivity index (χ4n) is 4.97. The van der Waals surface area contributed by atoms with Gasteiger partial charge in [-0.2, -0.15) is 0 Å². The Bertz CT molecular complexity index is 1060. The van der Waals surface area contributed by atoms with Gasteiger partial charge in [0.2, 0.25) is 0 Å². The molecule has 5 rings (SSSR count). The second kappa shape index (κ2) is 8.91. The lowest BCUT2D eigenvalue weighted by atomic mass is 9.88. The molecule has 0 unspecified atom stereocenters. The molecule has 4 nitrogen and oxygen atoms in total. The summed E-state index contributed by atoms with van der Waals surface area (Å²) < 4.78 is 19.1. The van der Waals surface area contributed by atoms with Crippen LogP contribution in [0.5, 0.6) is 0 Å². The number of aryl methyl sites for hydroxylation is 1. The maximum atomic E-state index is 13.6. The maximum absolute atomic E-state index is 13.6. The lowest BCUT2D eigenvalue weighted by Gasteiger charge is -2.29. The molecule has 5 heteroatoms. The average molecular weight is 433 g/mol. The van der Waals surface area contributed by atoms with Gasteiger partial charge in [0.25, 0.3) is 5.91 Å². The number of amides is 1. The quantitative estimate of drug-likeness (QED) is 0.512. The summed E-state index contributed by atoms with van der Waals surface area (Å²) in [6, 6.07) is 19.0. The van der Waals surface area contributed by atoms with Crippen molar-refractivity contribution in [2.45, 2.75) is 38.3 Å². The Morgan fingerprint density at radius 2 is 1.91 bits per heavy atom. The third-order valence-corrected chi connectivity index (χ3v) is 6.72. The number of hydrogen-bond acceptors (Lipinski definition) is 3. The van der Waals surface area contributed by atoms with Crippen molar-refractivity contribution in [1.29, 1.82) is 0 Å². The van der Waals surface area contributed by atoms with Crippen molar-refractivity contribution < 1.29 is 13.6 Å². The number of carbonyl (C=O) groups is 1. The Morgan fingerprint density at radius 1 is 1.09 bits per heavy atom. The Balaban J connectivity index is 1.38. The van der Waals surface area contributed by atoms with Crippen LogP contribution in [0.25, 0.3) is 0 Å². The lowest BCUT2D eigenvalue weighted by Crippen LogP contribution is -2.39. The summed E-state index contributed by atoms with van der Waals surface area (Å²) in [4.78, 5) is 17.9. The molecule has 0 radical (unpaired) electrons. The summed E-state index contributed by atoms with van der Waals surface area (Å²) in [6.45, 7) is 5.23. The highest BCUT2D eigenvalue weighted by molar-refractivity contribution is 5.94. The number of likely N-dealkylation sites (tertiary alicyclic amines) is 1. The summed E-state index contributed by atoms with van der Waals surface area (Å²) in [5, 5.41) is 0. The molecule has 32 heavy (non-hydrogen) atoms. The first-order valence-electron chi connectivity index (χ1n) is 11.4. The average Bonchev–Trinajstić information content (AvgIpc) is 3.36. The molecule has 2 aliphatic rings. The minimum atomic E-state index is -0.218. The summed E-state index contributed by atoms with van der Waals surface area (Å²) in [6.07, 6.45) is 3.85. The molecule has 1 saturated carbocycles. The Hall–Kier alpha value is -2.92. The van der Waals surface area contributed by atoms with Gasteiger partial charge in [-0.1, -0.05) is 29.8 Å². The van der Waals surface area contributed by atoms with Crippen LogP contribution in [0.1, 0.15) is 46.0 Å². The van der Waals surface area contributed by atoms with E-state index < -0.39 is 0 Å². The zero-order valence-corrected chi connectivity index (χ0v) is 18.4. The van der Waals surface area contributed by atoms with Crippen LogP contribution in [0, 0.1) is 18.7 Å². The van der Waals surface area contributed by atoms with Crippen LogP contribution in [0.4, 0.5) is 4.39 Å². The predicted molar refractivity (Wildman–Crippen MR) is 122 cm³/mol. The third kappa shape index (κ3) is 4.63. The number of rotatable bonds is 7. The van der Waals surface area contributed by atoms with Crippen molar-refractivity contribution in [2.75, 3.05) is 19.6 Å². The van der Waals surface area contributed by atoms with Gasteiger partial charge in [0.1, 0.15) is 11.6 Å². The first kappa shape index (κ1) is 21.0. The molecule has 2 heterocycles. The zero-order valence-electron chi connectivity index (χ0n) is 18.4. The van der Waals surface area contributed by atoms with Gasteiger partial charge in [0.05, 0.1) is 12.8 Å². The second-order valence-corrected chi connectivity index (χ2v) is 9.25. The number of nitrogens with zero attached hydrogens (tertiary/aromatic N) is 2. The minimum absolute atomic E-state index is 0.124. The fraction of sp³-hybridized carbons (Fsp3) is 0.370. The first-order chi connectivity index (χ1) is 15.6. The van der Waals surface area contributed by atoms with E-state index in [2.05, 4.69) is 9.80 Å². The van der Waals surface area contributed by atoms with Gasteiger partial charge in [0, 0.05) is 37.2 Å². The van der Waals surface area contributed by atoms with Gasteiger partial charge < -0.3 is 9.32 Å². The number of carbonyl (C=O) groups excluding carboxylic acids is 1. The molecule has 1 aliphatic heterocycles. The van der Waals surface area contributed by atoms with Crippen LogP contribution in [0.15, 0.2) is 71.3 Å². The monoisotopic (exact) mass is 432 g/mol. The topological polar surface area (TPSA) is 36.7 Å². The molecule has 1 aliphatic carbocycles. The standard InChI is InChI=1S/C27H29FN2O2/c1-19-4-2-5-21(14-19)27(31)30(24-11-12-24)16-22-15-29(17-25-6-3-13-32-25)18-26(22)20-7-9-23(28)10-8-20/h2-10,13-14,22,24,26H,11-12,15-18H2,1H3/t22-,26+/m0/s1. The highest BCUT2D eigenvalue weighted by Crippen LogP contribution is 2.37. The van der Waals surface area contributed by atoms with Gasteiger partial charge in [-0.05, 0) is 67.6 Å². The summed E-state index contributed by atoms with van der Waals surface area (Å²) in [7, 11) is 0. The van der Waals surface area contributed by atoms with Gasteiger partial charge in [-0.15, -0.1) is 0 Å². The number of hydrogen-bond donors (Lipinski definition) is 0. The normalized spacial score (nSPS) is 21.1. The highest BCUT2D eigenvalue weighted by atomic mass is 19.1. The lowest BCUT2D eigenvalue weighted by molar-refractivity contribution is 0.0710. The summed E-state index contributed by atoms with van der Waals surface area (Å²) in [5.41, 5.74) is 3.00. The largest absolute Gasteiger partial charge is 0.468 e. The third-order valence-electron chi connectivity index (χ3n) is 6.72. The van der Waals surface area contributed by atoms with E-state index in [1.54, 1.807) is 6.26 Å².